The van der Waals surface area contributed by atoms with Crippen LogP contribution in [0.3, 0.4) is 0 Å². The summed E-state index contributed by atoms with van der Waals surface area (Å²) in [6.45, 7) is 20.4. The lowest BCUT2D eigenvalue weighted by Gasteiger charge is -2.30. The third kappa shape index (κ3) is 14.2. The summed E-state index contributed by atoms with van der Waals surface area (Å²) in [6.07, 6.45) is 5.94. The highest BCUT2D eigenvalue weighted by molar-refractivity contribution is 5.86. The molecule has 0 saturated heterocycles. The second kappa shape index (κ2) is 21.7. The number of nitrogens with one attached hydrogen (secondary N) is 2. The van der Waals surface area contributed by atoms with Gasteiger partial charge in [-0.3, -0.25) is 19.4 Å². The number of fused-ring (bicyclic) bond motifs is 2. The number of H-pyrrole nitrogens is 2. The van der Waals surface area contributed by atoms with Crippen molar-refractivity contribution in [2.24, 2.45) is 0 Å². The summed E-state index contributed by atoms with van der Waals surface area (Å²) in [6, 6.07) is 19.5. The molecule has 8 nitrogen and oxygen atoms in total. The van der Waals surface area contributed by atoms with Gasteiger partial charge in [-0.25, -0.2) is 0 Å². The zero-order valence-electron chi connectivity index (χ0n) is 28.7. The number of aliphatic carboxylic acids is 2. The average molecular weight is 680 g/mol. The molecule has 4 aromatic rings. The first-order chi connectivity index (χ1) is 20.8. The van der Waals surface area contributed by atoms with Gasteiger partial charge in [-0.15, -0.1) is 24.8 Å². The number of benzene rings is 2. The maximum absolute atomic E-state index is 9.64. The van der Waals surface area contributed by atoms with Gasteiger partial charge in [0.1, 0.15) is 0 Å². The number of nitrogens with zero attached hydrogens (tertiary/aromatic N) is 2. The van der Waals surface area contributed by atoms with Crippen LogP contribution in [0.1, 0.15) is 79.4 Å². The molecule has 2 aromatic carbocycles. The van der Waals surface area contributed by atoms with Crippen LogP contribution in [-0.4, -0.2) is 79.2 Å². The van der Waals surface area contributed by atoms with Gasteiger partial charge in [-0.05, 0) is 91.5 Å². The molecular weight excluding hydrogens is 623 g/mol. The lowest BCUT2D eigenvalue weighted by atomic mass is 10.1. The second-order valence-electron chi connectivity index (χ2n) is 12.4. The van der Waals surface area contributed by atoms with E-state index >= 15 is 0 Å². The Morgan fingerprint density at radius 1 is 0.587 bits per heavy atom. The fraction of sp³-hybridized carbons (Fsp3) is 0.500. The summed E-state index contributed by atoms with van der Waals surface area (Å²) in [5, 5.41) is 18.5. The Morgan fingerprint density at radius 2 is 0.891 bits per heavy atom. The Bertz CT molecular complexity index is 1310. The number of carbonyl (C=O) groups is 2. The molecule has 0 spiro atoms. The Kier molecular flexibility index (Phi) is 20.3. The normalized spacial score (nSPS) is 11.0. The molecule has 10 heteroatoms. The molecule has 4 rings (SSSR count). The van der Waals surface area contributed by atoms with Crippen molar-refractivity contribution in [1.29, 1.82) is 0 Å². The van der Waals surface area contributed by atoms with Gasteiger partial charge in [0, 0.05) is 71.5 Å². The van der Waals surface area contributed by atoms with Crippen molar-refractivity contribution >= 4 is 58.6 Å². The van der Waals surface area contributed by atoms with Crippen LogP contribution in [-0.2, 0) is 22.4 Å². The van der Waals surface area contributed by atoms with E-state index in [0.717, 1.165) is 25.9 Å². The number of halogens is 2. The van der Waals surface area contributed by atoms with Crippen molar-refractivity contribution < 1.29 is 19.8 Å². The highest BCUT2D eigenvalue weighted by Crippen LogP contribution is 2.20. The average Bonchev–Trinajstić information content (AvgIpc) is 3.56. The number of aromatic nitrogens is 2. The minimum atomic E-state index is -1.08. The van der Waals surface area contributed by atoms with E-state index in [9.17, 15) is 9.59 Å². The van der Waals surface area contributed by atoms with Crippen LogP contribution in [0.25, 0.3) is 21.8 Å². The van der Waals surface area contributed by atoms with Crippen molar-refractivity contribution in [3.63, 3.8) is 0 Å². The number of hydrogen-bond donors (Lipinski definition) is 4. The largest absolute Gasteiger partial charge is 0.481 e. The Balaban J connectivity index is 0.000000694. The van der Waals surface area contributed by atoms with Crippen LogP contribution < -0.4 is 0 Å². The summed E-state index contributed by atoms with van der Waals surface area (Å²) in [7, 11) is 0. The molecule has 2 heterocycles. The molecule has 258 valence electrons. The Hall–Kier alpha value is -3.04. The summed E-state index contributed by atoms with van der Waals surface area (Å²) in [4.78, 5) is 31.1. The highest BCUT2D eigenvalue weighted by atomic mass is 35.5. The number of carboxylic acids is 2. The lowest BCUT2D eigenvalue weighted by molar-refractivity contribution is -0.143. The van der Waals surface area contributed by atoms with E-state index in [2.05, 4.69) is 136 Å². The van der Waals surface area contributed by atoms with Crippen LogP contribution >= 0.6 is 24.8 Å². The van der Waals surface area contributed by atoms with Gasteiger partial charge < -0.3 is 20.2 Å². The van der Waals surface area contributed by atoms with Gasteiger partial charge in [0.05, 0.1) is 12.8 Å². The van der Waals surface area contributed by atoms with Gasteiger partial charge in [0.15, 0.2) is 0 Å². The van der Waals surface area contributed by atoms with Gasteiger partial charge in [0.2, 0.25) is 0 Å². The van der Waals surface area contributed by atoms with Crippen LogP contribution in [0, 0.1) is 0 Å². The maximum Gasteiger partial charge on any atom is 0.303 e. The van der Waals surface area contributed by atoms with E-state index in [0.29, 0.717) is 24.2 Å². The molecule has 4 N–H and O–H groups in total. The van der Waals surface area contributed by atoms with Crippen LogP contribution in [0.4, 0.5) is 0 Å². The van der Waals surface area contributed by atoms with Crippen molar-refractivity contribution in [3.05, 3.63) is 72.1 Å². The summed E-state index contributed by atoms with van der Waals surface area (Å²) in [5.74, 6) is -2.15. The number of para-hydroxylation sites is 2. The van der Waals surface area contributed by atoms with Crippen LogP contribution in [0.2, 0.25) is 0 Å². The summed E-state index contributed by atoms with van der Waals surface area (Å²) < 4.78 is 0. The molecule has 0 aliphatic rings. The molecule has 0 fully saturated rings. The molecule has 0 unspecified atom stereocenters. The van der Waals surface area contributed by atoms with E-state index < -0.39 is 11.9 Å². The first-order valence-electron chi connectivity index (χ1n) is 15.9. The zero-order valence-corrected chi connectivity index (χ0v) is 30.4. The van der Waals surface area contributed by atoms with Crippen LogP contribution in [0.5, 0.6) is 0 Å². The van der Waals surface area contributed by atoms with Crippen LogP contribution in [0.15, 0.2) is 60.9 Å². The Morgan fingerprint density at radius 3 is 1.17 bits per heavy atom. The number of hydrogen-bond acceptors (Lipinski definition) is 4. The van der Waals surface area contributed by atoms with Gasteiger partial charge in [0.25, 0.3) is 0 Å². The summed E-state index contributed by atoms with van der Waals surface area (Å²) >= 11 is 0. The van der Waals surface area contributed by atoms with Crippen molar-refractivity contribution in [1.82, 2.24) is 19.8 Å². The highest BCUT2D eigenvalue weighted by Gasteiger charge is 2.15. The van der Waals surface area contributed by atoms with Gasteiger partial charge in [-0.2, -0.15) is 0 Å². The van der Waals surface area contributed by atoms with E-state index in [1.807, 2.05) is 0 Å². The van der Waals surface area contributed by atoms with E-state index in [-0.39, 0.29) is 37.7 Å². The molecule has 46 heavy (non-hydrogen) atoms. The van der Waals surface area contributed by atoms with E-state index in [1.165, 1.54) is 32.9 Å². The fourth-order valence-electron chi connectivity index (χ4n) is 5.62. The smallest absolute Gasteiger partial charge is 0.303 e. The Labute approximate surface area is 287 Å². The van der Waals surface area contributed by atoms with E-state index in [4.69, 9.17) is 10.2 Å². The molecule has 0 atom stereocenters. The maximum atomic E-state index is 9.64. The SMILES string of the molecule is CC(C)N(CCc1c[nH]c2ccccc12)C(C)C.CC(C)N(CCc1c[nH]c2ccccc12)C(C)C.Cl.Cl.O=C(O)CCC(=O)O. The lowest BCUT2D eigenvalue weighted by Crippen LogP contribution is -2.38. The molecule has 0 aliphatic carbocycles. The molecule has 0 bridgehead atoms. The minimum absolute atomic E-state index is 0. The van der Waals surface area contributed by atoms with Crippen molar-refractivity contribution in [2.75, 3.05) is 13.1 Å². The second-order valence-corrected chi connectivity index (χ2v) is 12.4. The first kappa shape index (κ1) is 43.0. The quantitative estimate of drug-likeness (QED) is 0.113. The molecule has 0 radical (unpaired) electrons. The third-order valence-corrected chi connectivity index (χ3v) is 7.83. The first-order valence-corrected chi connectivity index (χ1v) is 15.9. The number of rotatable bonds is 13. The minimum Gasteiger partial charge on any atom is -0.481 e. The van der Waals surface area contributed by atoms with Crippen molar-refractivity contribution in [3.8, 4) is 0 Å². The number of carboxylic acid groups (broad SMARTS) is 2. The monoisotopic (exact) mass is 678 g/mol. The molecule has 0 aliphatic heterocycles. The molecule has 0 saturated carbocycles. The number of aromatic amines is 2. The van der Waals surface area contributed by atoms with Crippen molar-refractivity contribution in [2.45, 2.75) is 105 Å². The predicted octanol–water partition coefficient (Wildman–Crippen LogP) is 8.44. The van der Waals surface area contributed by atoms with Gasteiger partial charge >= 0.3 is 11.9 Å². The fourth-order valence-corrected chi connectivity index (χ4v) is 5.62. The third-order valence-electron chi connectivity index (χ3n) is 7.83. The topological polar surface area (TPSA) is 113 Å². The van der Waals surface area contributed by atoms with Gasteiger partial charge in [-0.1, -0.05) is 36.4 Å². The molecule has 0 amide bonds. The zero-order chi connectivity index (χ0) is 32.8. The van der Waals surface area contributed by atoms with E-state index in [1.54, 1.807) is 0 Å². The predicted molar refractivity (Wildman–Crippen MR) is 197 cm³/mol. The molecule has 2 aromatic heterocycles. The summed E-state index contributed by atoms with van der Waals surface area (Å²) in [5.41, 5.74) is 5.34. The molecular formula is C36H56Cl2N4O4. The standard InChI is InChI=1S/2C16H24N2.C4H6O4.2ClH/c2*1-12(2)18(13(3)4)10-9-14-11-17-16-8-6-5-7-15(14)16;5-3(6)1-2-4(7)8;;/h2*5-8,11-13,17H,9-10H2,1-4H3;1-2H2,(H,5,6)(H,7,8);2*1H.